The minimum atomic E-state index is -4.79. The van der Waals surface area contributed by atoms with E-state index in [2.05, 4.69) is 35.2 Å². The summed E-state index contributed by atoms with van der Waals surface area (Å²) in [7, 11) is 1.59. The van der Waals surface area contributed by atoms with Crippen LogP contribution in [0.1, 0.15) is 36.5 Å². The Labute approximate surface area is 340 Å². The number of halogens is 3. The van der Waals surface area contributed by atoms with Gasteiger partial charge in [-0.3, -0.25) is 34.3 Å². The molecule has 314 valence electrons. The lowest BCUT2D eigenvalue weighted by atomic mass is 10.0. The van der Waals surface area contributed by atoms with Gasteiger partial charge in [0.05, 0.1) is 23.6 Å². The maximum Gasteiger partial charge on any atom is 0.417 e. The number of aliphatic hydroxyl groups is 1. The van der Waals surface area contributed by atoms with Crippen LogP contribution in [-0.2, 0) is 31.8 Å². The molecule has 0 saturated carbocycles. The highest BCUT2D eigenvalue weighted by molar-refractivity contribution is 6.01. The van der Waals surface area contributed by atoms with E-state index in [1.54, 1.807) is 25.4 Å². The second-order valence-corrected chi connectivity index (χ2v) is 15.2. The number of carbonyl (C=O) groups is 4. The number of nitrogens with zero attached hydrogens (tertiary/aromatic N) is 7. The number of nitrogens with one attached hydrogen (secondary N) is 2. The normalized spacial score (nSPS) is 19.0. The first-order valence-electron chi connectivity index (χ1n) is 19.5. The minimum absolute atomic E-state index is 0.119. The van der Waals surface area contributed by atoms with E-state index >= 15 is 0 Å². The Morgan fingerprint density at radius 3 is 2.19 bits per heavy atom. The van der Waals surface area contributed by atoms with Crippen LogP contribution in [0.25, 0.3) is 0 Å². The molecule has 3 aromatic rings. The summed E-state index contributed by atoms with van der Waals surface area (Å²) < 4.78 is 45.7. The molecule has 3 fully saturated rings. The first-order chi connectivity index (χ1) is 28.1. The molecule has 3 saturated heterocycles. The van der Waals surface area contributed by atoms with E-state index in [4.69, 9.17) is 10.00 Å². The topological polar surface area (TPSA) is 175 Å². The first kappa shape index (κ1) is 42.8. The molecule has 3 N–H and O–H groups in total. The number of amides is 4. The van der Waals surface area contributed by atoms with E-state index in [1.807, 2.05) is 24.3 Å². The second kappa shape index (κ2) is 18.4. The van der Waals surface area contributed by atoms with Crippen molar-refractivity contribution in [3.05, 3.63) is 77.5 Å². The number of hydrogen-bond acceptors (Lipinski definition) is 12. The molecule has 3 aliphatic rings. The van der Waals surface area contributed by atoms with Gasteiger partial charge in [0.25, 0.3) is 5.91 Å². The van der Waals surface area contributed by atoms with E-state index in [1.165, 1.54) is 17.9 Å². The highest BCUT2D eigenvalue weighted by Crippen LogP contribution is 2.34. The molecule has 0 spiro atoms. The van der Waals surface area contributed by atoms with E-state index in [-0.39, 0.29) is 30.3 Å². The molecule has 18 heteroatoms. The van der Waals surface area contributed by atoms with Gasteiger partial charge in [0, 0.05) is 96.5 Å². The molecule has 0 aliphatic carbocycles. The van der Waals surface area contributed by atoms with E-state index in [9.17, 15) is 37.5 Å². The van der Waals surface area contributed by atoms with Crippen LogP contribution in [0.5, 0.6) is 5.75 Å². The first-order valence-corrected chi connectivity index (χ1v) is 19.5. The van der Waals surface area contributed by atoms with Crippen LogP contribution in [0.2, 0.25) is 0 Å². The Balaban J connectivity index is 0.875. The van der Waals surface area contributed by atoms with Crippen molar-refractivity contribution in [2.24, 2.45) is 0 Å². The largest absolute Gasteiger partial charge is 0.490 e. The third-order valence-corrected chi connectivity index (χ3v) is 11.0. The Bertz CT molecular complexity index is 2030. The van der Waals surface area contributed by atoms with E-state index < -0.39 is 47.4 Å². The molecular weight excluding hydrogens is 772 g/mol. The molecule has 0 radical (unpaired) electrons. The van der Waals surface area contributed by atoms with Gasteiger partial charge in [0.1, 0.15) is 24.2 Å². The number of alkyl halides is 3. The number of piperazine rings is 2. The zero-order valence-electron chi connectivity index (χ0n) is 33.0. The van der Waals surface area contributed by atoms with Crippen LogP contribution < -0.4 is 25.2 Å². The highest BCUT2D eigenvalue weighted by Gasteiger charge is 2.36. The van der Waals surface area contributed by atoms with E-state index in [0.717, 1.165) is 94.6 Å². The monoisotopic (exact) mass is 819 g/mol. The number of benzene rings is 2. The van der Waals surface area contributed by atoms with Crippen LogP contribution >= 0.6 is 0 Å². The Kier molecular flexibility index (Phi) is 13.4. The van der Waals surface area contributed by atoms with Gasteiger partial charge < -0.3 is 29.9 Å². The van der Waals surface area contributed by atoms with Crippen LogP contribution in [0.3, 0.4) is 0 Å². The predicted octanol–water partition coefficient (Wildman–Crippen LogP) is 2.49. The Hall–Kier alpha value is -5.77. The van der Waals surface area contributed by atoms with Gasteiger partial charge in [-0.2, -0.15) is 18.4 Å². The number of pyridine rings is 1. The summed E-state index contributed by atoms with van der Waals surface area (Å²) in [5.41, 5.74) is -2.28. The number of carbonyl (C=O) groups excluding carboxylic acids is 4. The van der Waals surface area contributed by atoms with Gasteiger partial charge in [-0.25, -0.2) is 4.98 Å². The lowest BCUT2D eigenvalue weighted by molar-refractivity contribution is -0.144. The van der Waals surface area contributed by atoms with Crippen LogP contribution in [0, 0.1) is 11.3 Å². The number of ether oxygens (including phenoxy) is 1. The van der Waals surface area contributed by atoms with E-state index in [0.29, 0.717) is 18.2 Å². The molecule has 59 heavy (non-hydrogen) atoms. The summed E-state index contributed by atoms with van der Waals surface area (Å²) in [4.78, 5) is 64.6. The number of imide groups is 1. The number of anilines is 3. The lowest BCUT2D eigenvalue weighted by Crippen LogP contribution is -2.53. The number of likely N-dealkylation sites (N-methyl/N-ethyl adjacent to an activating group) is 1. The van der Waals surface area contributed by atoms with Crippen LogP contribution in [0.4, 0.5) is 30.4 Å². The predicted molar refractivity (Wildman–Crippen MR) is 212 cm³/mol. The van der Waals surface area contributed by atoms with Gasteiger partial charge in [-0.15, -0.1) is 0 Å². The molecule has 4 amide bonds. The minimum Gasteiger partial charge on any atom is -0.490 e. The molecule has 2 atom stereocenters. The summed E-state index contributed by atoms with van der Waals surface area (Å²) in [6, 6.07) is 14.7. The molecular formula is C41H48F3N9O6. The van der Waals surface area contributed by atoms with Crippen molar-refractivity contribution in [3.63, 3.8) is 0 Å². The Morgan fingerprint density at radius 2 is 1.61 bits per heavy atom. The van der Waals surface area contributed by atoms with Crippen molar-refractivity contribution in [2.45, 2.75) is 44.0 Å². The van der Waals surface area contributed by atoms with Crippen molar-refractivity contribution in [1.29, 1.82) is 5.26 Å². The summed E-state index contributed by atoms with van der Waals surface area (Å²) in [6.45, 7) is 9.66. The fourth-order valence-corrected chi connectivity index (χ4v) is 7.21. The summed E-state index contributed by atoms with van der Waals surface area (Å²) in [5.74, 6) is -0.651. The average molecular weight is 820 g/mol. The number of nitriles is 1. The fraction of sp³-hybridized carbons (Fsp3) is 0.463. The van der Waals surface area contributed by atoms with Crippen molar-refractivity contribution in [1.82, 2.24) is 25.0 Å². The van der Waals surface area contributed by atoms with Crippen molar-refractivity contribution >= 4 is 40.8 Å². The summed E-state index contributed by atoms with van der Waals surface area (Å²) in [5, 5.41) is 24.3. The van der Waals surface area contributed by atoms with Crippen molar-refractivity contribution < 1.29 is 42.2 Å². The molecule has 6 rings (SSSR count). The average Bonchev–Trinajstić information content (AvgIpc) is 3.22. The highest BCUT2D eigenvalue weighted by atomic mass is 19.4. The number of piperidine rings is 1. The van der Waals surface area contributed by atoms with Crippen LogP contribution in [-0.4, -0.2) is 139 Å². The van der Waals surface area contributed by atoms with Gasteiger partial charge in [-0.05, 0) is 67.4 Å². The molecule has 4 heterocycles. The zero-order valence-corrected chi connectivity index (χ0v) is 33.0. The number of rotatable bonds is 13. The van der Waals surface area contributed by atoms with Crippen molar-refractivity contribution in [3.8, 4) is 11.8 Å². The zero-order chi connectivity index (χ0) is 42.3. The van der Waals surface area contributed by atoms with Gasteiger partial charge >= 0.3 is 6.18 Å². The second-order valence-electron chi connectivity index (χ2n) is 15.2. The fourth-order valence-electron chi connectivity index (χ4n) is 7.21. The van der Waals surface area contributed by atoms with Gasteiger partial charge in [-0.1, -0.05) is 6.07 Å². The standard InChI is InChI=1S/C41H48F3N9O6/c1-40(58,39(57)47-30-5-4-29(25-45)33(24-30)41(42,43)44)27-59-32-8-6-31(7-9-32)52-19-15-50(16-20-52)13-14-51-17-21-53(22-18-51)35-11-3-28(26-46-35)23-37(55)49(2)34-10-12-36(54)48-38(34)56/h3-9,11,24,26,34,58H,10,12-23,27H2,1-2H3,(H,47,57)(H,48,54,56). The van der Waals surface area contributed by atoms with Crippen LogP contribution in [0.15, 0.2) is 60.8 Å². The maximum atomic E-state index is 13.3. The SMILES string of the molecule is CN(C(=O)Cc1ccc(N2CCN(CCN3CCN(c4ccc(OCC(C)(O)C(=O)Nc5ccc(C#N)c(C(F)(F)F)c5)cc4)CC3)CC2)nc1)C1CCC(=O)NC1=O. The number of hydrogen-bond donors (Lipinski definition) is 3. The van der Waals surface area contributed by atoms with Crippen molar-refractivity contribution in [2.75, 3.05) is 94.2 Å². The third-order valence-electron chi connectivity index (χ3n) is 11.0. The third kappa shape index (κ3) is 11.0. The smallest absolute Gasteiger partial charge is 0.417 e. The lowest BCUT2D eigenvalue weighted by Gasteiger charge is -2.39. The maximum absolute atomic E-state index is 13.3. The molecule has 2 aromatic carbocycles. The molecule has 1 aromatic heterocycles. The quantitative estimate of drug-likeness (QED) is 0.216. The van der Waals surface area contributed by atoms with Gasteiger partial charge in [0.15, 0.2) is 5.60 Å². The summed E-state index contributed by atoms with van der Waals surface area (Å²) in [6.07, 6.45) is -2.43. The molecule has 2 unspecified atom stereocenters. The molecule has 3 aliphatic heterocycles. The molecule has 0 bridgehead atoms. The molecule has 15 nitrogen and oxygen atoms in total. The summed E-state index contributed by atoms with van der Waals surface area (Å²) >= 11 is 0. The van der Waals surface area contributed by atoms with Gasteiger partial charge in [0.2, 0.25) is 17.7 Å². The Morgan fingerprint density at radius 1 is 0.966 bits per heavy atom. The number of aromatic nitrogens is 1.